The van der Waals surface area contributed by atoms with Crippen LogP contribution < -0.4 is 0 Å². The molecule has 6 heteroatoms. The molecule has 1 heterocycles. The molecule has 0 N–H and O–H groups in total. The second kappa shape index (κ2) is 10.4. The maximum Gasteiger partial charge on any atom is 0.416 e. The van der Waals surface area contributed by atoms with Gasteiger partial charge in [-0.05, 0) is 43.0 Å². The highest BCUT2D eigenvalue weighted by atomic mass is 28.4. The van der Waals surface area contributed by atoms with Crippen molar-refractivity contribution in [2.24, 2.45) is 0 Å². The number of carbonyl (C=O) groups is 2. The first-order valence-corrected chi connectivity index (χ1v) is 13.7. The first-order chi connectivity index (χ1) is 13.6. The Morgan fingerprint density at radius 2 is 1.79 bits per heavy atom. The van der Waals surface area contributed by atoms with Crippen molar-refractivity contribution >= 4 is 20.3 Å². The van der Waals surface area contributed by atoms with E-state index in [0.29, 0.717) is 12.8 Å². The smallest absolute Gasteiger partial charge is 0.416 e. The number of carbonyl (C=O) groups excluding carboxylic acids is 2. The maximum atomic E-state index is 12.6. The van der Waals surface area contributed by atoms with Gasteiger partial charge in [0.25, 0.3) is 0 Å². The number of amides is 2. The van der Waals surface area contributed by atoms with Gasteiger partial charge in [0.2, 0.25) is 5.91 Å². The van der Waals surface area contributed by atoms with Gasteiger partial charge in [-0.1, -0.05) is 63.9 Å². The average molecular weight is 420 g/mol. The number of nitrogens with zero attached hydrogens (tertiary/aromatic N) is 1. The monoisotopic (exact) mass is 419 g/mol. The summed E-state index contributed by atoms with van der Waals surface area (Å²) >= 11 is 0. The van der Waals surface area contributed by atoms with Crippen LogP contribution in [-0.2, 0) is 20.4 Å². The second-order valence-electron chi connectivity index (χ2n) is 9.46. The van der Waals surface area contributed by atoms with Gasteiger partial charge in [-0.25, -0.2) is 9.69 Å². The van der Waals surface area contributed by atoms with Crippen LogP contribution in [0.25, 0.3) is 0 Å². The largest absolute Gasteiger partial charge is 0.447 e. The molecular weight excluding hydrogens is 382 g/mol. The molecule has 1 aliphatic heterocycles. The molecule has 1 fully saturated rings. The predicted octanol–water partition coefficient (Wildman–Crippen LogP) is 5.55. The van der Waals surface area contributed by atoms with Crippen LogP contribution in [0.5, 0.6) is 0 Å². The van der Waals surface area contributed by atoms with Crippen molar-refractivity contribution in [1.29, 1.82) is 0 Å². The third kappa shape index (κ3) is 6.96. The zero-order chi connectivity index (χ0) is 21.5. The van der Waals surface area contributed by atoms with Crippen molar-refractivity contribution in [3.05, 3.63) is 35.9 Å². The fourth-order valence-electron chi connectivity index (χ4n) is 3.20. The Kier molecular flexibility index (Phi) is 8.46. The Morgan fingerprint density at radius 3 is 2.45 bits per heavy atom. The molecule has 1 aliphatic rings. The van der Waals surface area contributed by atoms with Crippen LogP contribution in [0.3, 0.4) is 0 Å². The van der Waals surface area contributed by atoms with Crippen LogP contribution in [0, 0.1) is 0 Å². The third-order valence-corrected chi connectivity index (χ3v) is 10.6. The lowest BCUT2D eigenvalue weighted by Crippen LogP contribution is -2.40. The minimum absolute atomic E-state index is 0.119. The van der Waals surface area contributed by atoms with E-state index in [1.807, 2.05) is 30.3 Å². The van der Waals surface area contributed by atoms with Crippen LogP contribution in [0.2, 0.25) is 18.1 Å². The predicted molar refractivity (Wildman–Crippen MR) is 118 cm³/mol. The summed E-state index contributed by atoms with van der Waals surface area (Å²) in [6.07, 6.45) is 4.36. The van der Waals surface area contributed by atoms with Gasteiger partial charge < -0.3 is 9.16 Å². The zero-order valence-electron chi connectivity index (χ0n) is 18.7. The summed E-state index contributed by atoms with van der Waals surface area (Å²) in [6.45, 7) is 12.4. The zero-order valence-corrected chi connectivity index (χ0v) is 19.7. The summed E-state index contributed by atoms with van der Waals surface area (Å²) in [5.41, 5.74) is 1.11. The number of hydrogen-bond acceptors (Lipinski definition) is 4. The van der Waals surface area contributed by atoms with Crippen molar-refractivity contribution in [3.8, 4) is 0 Å². The van der Waals surface area contributed by atoms with Crippen molar-refractivity contribution in [2.75, 3.05) is 13.2 Å². The molecule has 2 rings (SSSR count). The Hall–Kier alpha value is -1.66. The Balaban J connectivity index is 1.68. The lowest BCUT2D eigenvalue weighted by molar-refractivity contribution is -0.129. The van der Waals surface area contributed by atoms with E-state index >= 15 is 0 Å². The van der Waals surface area contributed by atoms with Crippen LogP contribution in [0.1, 0.15) is 58.4 Å². The van der Waals surface area contributed by atoms with Gasteiger partial charge in [-0.15, -0.1) is 0 Å². The molecule has 2 amide bonds. The quantitative estimate of drug-likeness (QED) is 0.368. The first-order valence-electron chi connectivity index (χ1n) is 10.8. The Bertz CT molecular complexity index is 669. The highest BCUT2D eigenvalue weighted by Gasteiger charge is 2.38. The molecule has 1 aromatic rings. The SMILES string of the molecule is CC(C)(C)[Si](C)(C)OCCCCCCC(=O)N1C(=O)OC[C@H]1Cc1ccccc1. The van der Waals surface area contributed by atoms with Gasteiger partial charge in [0, 0.05) is 13.0 Å². The van der Waals surface area contributed by atoms with Gasteiger partial charge in [-0.2, -0.15) is 0 Å². The molecule has 0 spiro atoms. The van der Waals surface area contributed by atoms with Crippen molar-refractivity contribution < 1.29 is 18.8 Å². The lowest BCUT2D eigenvalue weighted by Gasteiger charge is -2.36. The van der Waals surface area contributed by atoms with Crippen LogP contribution in [0.4, 0.5) is 4.79 Å². The molecule has 0 aromatic heterocycles. The minimum Gasteiger partial charge on any atom is -0.447 e. The fraction of sp³-hybridized carbons (Fsp3) is 0.652. The molecule has 29 heavy (non-hydrogen) atoms. The molecule has 5 nitrogen and oxygen atoms in total. The number of ether oxygens (including phenoxy) is 1. The highest BCUT2D eigenvalue weighted by Crippen LogP contribution is 2.36. The standard InChI is InChI=1S/C23H37NO4Si/c1-23(2,3)29(4,5)28-16-12-7-6-11-15-21(25)24-20(18-27-22(24)26)17-19-13-9-8-10-14-19/h8-10,13-14,20H,6-7,11-12,15-18H2,1-5H3/t20-/m1/s1. The van der Waals surface area contributed by atoms with Crippen LogP contribution in [0.15, 0.2) is 30.3 Å². The molecule has 0 bridgehead atoms. The fourth-order valence-corrected chi connectivity index (χ4v) is 4.29. The summed E-state index contributed by atoms with van der Waals surface area (Å²) in [7, 11) is -1.67. The summed E-state index contributed by atoms with van der Waals surface area (Å²) in [5.74, 6) is -0.119. The van der Waals surface area contributed by atoms with E-state index in [9.17, 15) is 9.59 Å². The molecule has 162 valence electrons. The number of benzene rings is 1. The molecule has 1 atom stereocenters. The molecule has 0 aliphatic carbocycles. The topological polar surface area (TPSA) is 55.8 Å². The number of unbranched alkanes of at least 4 members (excludes halogenated alkanes) is 3. The van der Waals surface area contributed by atoms with Crippen LogP contribution >= 0.6 is 0 Å². The van der Waals surface area contributed by atoms with Gasteiger partial charge in [0.05, 0.1) is 6.04 Å². The number of imide groups is 1. The van der Waals surface area contributed by atoms with E-state index < -0.39 is 14.4 Å². The van der Waals surface area contributed by atoms with E-state index in [4.69, 9.17) is 9.16 Å². The Morgan fingerprint density at radius 1 is 1.14 bits per heavy atom. The summed E-state index contributed by atoms with van der Waals surface area (Å²) in [4.78, 5) is 26.0. The van der Waals surface area contributed by atoms with Gasteiger partial charge in [0.1, 0.15) is 6.61 Å². The molecular formula is C23H37NO4Si. The molecule has 1 aromatic carbocycles. The summed E-state index contributed by atoms with van der Waals surface area (Å²) < 4.78 is 11.3. The molecule has 1 saturated heterocycles. The normalized spacial score (nSPS) is 17.5. The van der Waals surface area contributed by atoms with E-state index in [2.05, 4.69) is 33.9 Å². The number of rotatable bonds is 10. The lowest BCUT2D eigenvalue weighted by atomic mass is 10.1. The summed E-state index contributed by atoms with van der Waals surface area (Å²) in [5, 5.41) is 0.236. The maximum absolute atomic E-state index is 12.6. The van der Waals surface area contributed by atoms with E-state index in [0.717, 1.165) is 37.9 Å². The van der Waals surface area contributed by atoms with E-state index in [1.165, 1.54) is 4.90 Å². The van der Waals surface area contributed by atoms with Gasteiger partial charge in [-0.3, -0.25) is 4.79 Å². The average Bonchev–Trinajstić information content (AvgIpc) is 3.01. The molecule has 0 unspecified atom stereocenters. The van der Waals surface area contributed by atoms with Crippen LogP contribution in [-0.4, -0.2) is 44.5 Å². The summed E-state index contributed by atoms with van der Waals surface area (Å²) in [6, 6.07) is 9.71. The van der Waals surface area contributed by atoms with Crippen molar-refractivity contribution in [2.45, 2.75) is 83.5 Å². The number of hydrogen-bond donors (Lipinski definition) is 0. The number of cyclic esters (lactones) is 1. The first kappa shape index (κ1) is 23.6. The van der Waals surface area contributed by atoms with E-state index in [-0.39, 0.29) is 23.6 Å². The molecule has 0 radical (unpaired) electrons. The van der Waals surface area contributed by atoms with E-state index in [1.54, 1.807) is 0 Å². The Labute approximate surface area is 176 Å². The highest BCUT2D eigenvalue weighted by molar-refractivity contribution is 6.74. The third-order valence-electron chi connectivity index (χ3n) is 6.10. The van der Waals surface area contributed by atoms with Crippen molar-refractivity contribution in [3.63, 3.8) is 0 Å². The molecule has 0 saturated carbocycles. The van der Waals surface area contributed by atoms with Gasteiger partial charge in [0.15, 0.2) is 8.32 Å². The second-order valence-corrected chi connectivity index (χ2v) is 14.3. The minimum atomic E-state index is -1.67. The van der Waals surface area contributed by atoms with Crippen molar-refractivity contribution in [1.82, 2.24) is 4.90 Å². The van der Waals surface area contributed by atoms with Gasteiger partial charge >= 0.3 is 6.09 Å².